The first-order valence-corrected chi connectivity index (χ1v) is 7.37. The van der Waals surface area contributed by atoms with Gasteiger partial charge in [-0.2, -0.15) is 0 Å². The van der Waals surface area contributed by atoms with Crippen LogP contribution in [0.4, 0.5) is 4.79 Å². The zero-order chi connectivity index (χ0) is 16.8. The molecule has 23 heavy (non-hydrogen) atoms. The number of hydrogen-bond donors (Lipinski definition) is 2. The lowest BCUT2D eigenvalue weighted by Gasteiger charge is -2.43. The van der Waals surface area contributed by atoms with Crippen molar-refractivity contribution in [2.45, 2.75) is 31.9 Å². The predicted molar refractivity (Wildman–Crippen MR) is 83.3 cm³/mol. The summed E-state index contributed by atoms with van der Waals surface area (Å²) in [4.78, 5) is 30.1. The van der Waals surface area contributed by atoms with E-state index in [0.29, 0.717) is 11.4 Å². The number of benzene rings is 1. The lowest BCUT2D eigenvalue weighted by Crippen LogP contribution is -2.66. The fourth-order valence-corrected chi connectivity index (χ4v) is 2.56. The number of carbonyl (C=O) groups excluding carboxylic acids is 2. The molecule has 3 rings (SSSR count). The Morgan fingerprint density at radius 2 is 2.09 bits per heavy atom. The lowest BCUT2D eigenvalue weighted by molar-refractivity contribution is -0.128. The summed E-state index contributed by atoms with van der Waals surface area (Å²) in [6.45, 7) is 5.76. The number of rotatable bonds is 1. The highest BCUT2D eigenvalue weighted by atomic mass is 16.6. The van der Waals surface area contributed by atoms with Gasteiger partial charge in [-0.05, 0) is 32.9 Å². The molecule has 0 unspecified atom stereocenters. The molecule has 2 amide bonds. The molecule has 0 bridgehead atoms. The summed E-state index contributed by atoms with van der Waals surface area (Å²) in [6.07, 6.45) is -0.447. The van der Waals surface area contributed by atoms with Gasteiger partial charge in [0.2, 0.25) is 0 Å². The largest absolute Gasteiger partial charge is 0.508 e. The summed E-state index contributed by atoms with van der Waals surface area (Å²) < 4.78 is 5.28. The highest BCUT2D eigenvalue weighted by Crippen LogP contribution is 2.31. The van der Waals surface area contributed by atoms with Gasteiger partial charge in [-0.25, -0.2) is 9.79 Å². The third kappa shape index (κ3) is 2.86. The third-order valence-electron chi connectivity index (χ3n) is 3.66. The summed E-state index contributed by atoms with van der Waals surface area (Å²) in [6, 6.07) is 6.51. The second-order valence-corrected chi connectivity index (χ2v) is 6.83. The normalized spacial score (nSPS) is 19.2. The summed E-state index contributed by atoms with van der Waals surface area (Å²) >= 11 is 0. The Morgan fingerprint density at radius 1 is 1.39 bits per heavy atom. The van der Waals surface area contributed by atoms with Crippen molar-refractivity contribution >= 4 is 17.8 Å². The van der Waals surface area contributed by atoms with E-state index in [1.165, 1.54) is 11.0 Å². The van der Waals surface area contributed by atoms with Crippen LogP contribution in [0.5, 0.6) is 5.75 Å². The number of amides is 2. The number of carbonyl (C=O) groups is 2. The Hall–Kier alpha value is -2.57. The maximum atomic E-state index is 12.2. The van der Waals surface area contributed by atoms with Gasteiger partial charge in [0.1, 0.15) is 17.2 Å². The van der Waals surface area contributed by atoms with E-state index >= 15 is 0 Å². The van der Waals surface area contributed by atoms with Gasteiger partial charge >= 0.3 is 6.09 Å². The number of amidine groups is 1. The maximum absolute atomic E-state index is 12.2. The quantitative estimate of drug-likeness (QED) is 0.816. The van der Waals surface area contributed by atoms with Crippen molar-refractivity contribution in [2.75, 3.05) is 13.1 Å². The van der Waals surface area contributed by atoms with Gasteiger partial charge in [-0.3, -0.25) is 4.79 Å². The van der Waals surface area contributed by atoms with Gasteiger partial charge in [-0.15, -0.1) is 0 Å². The monoisotopic (exact) mass is 317 g/mol. The van der Waals surface area contributed by atoms with Gasteiger partial charge < -0.3 is 20.1 Å². The summed E-state index contributed by atoms with van der Waals surface area (Å²) in [5.74, 6) is 0.273. The van der Waals surface area contributed by atoms with Crippen LogP contribution < -0.4 is 5.32 Å². The number of nitrogens with zero attached hydrogens (tertiary/aromatic N) is 2. The van der Waals surface area contributed by atoms with E-state index in [9.17, 15) is 14.7 Å². The molecule has 7 heteroatoms. The number of phenolic OH excluding ortho intramolecular Hbond substituents is 1. The van der Waals surface area contributed by atoms with Crippen molar-refractivity contribution < 1.29 is 19.4 Å². The minimum atomic E-state index is -0.947. The van der Waals surface area contributed by atoms with E-state index in [1.54, 1.807) is 39.0 Å². The smallest absolute Gasteiger partial charge is 0.410 e. The van der Waals surface area contributed by atoms with Gasteiger partial charge in [-0.1, -0.05) is 12.1 Å². The number of nitrogens with one attached hydrogen (secondary N) is 1. The molecule has 0 radical (unpaired) electrons. The minimum Gasteiger partial charge on any atom is -0.508 e. The standard InChI is InChI=1S/C16H19N3O4/c1-15(2,3)23-14(22)19-8-16(9-19)13(21)17-12(18-16)10-5-4-6-11(20)7-10/h4-7,20H,8-9H2,1-3H3,(H,17,18,21). The number of likely N-dealkylation sites (tertiary alicyclic amines) is 1. The van der Waals surface area contributed by atoms with Gasteiger partial charge in [0, 0.05) is 5.56 Å². The third-order valence-corrected chi connectivity index (χ3v) is 3.66. The van der Waals surface area contributed by atoms with Crippen LogP contribution in [-0.4, -0.2) is 52.1 Å². The molecule has 2 aliphatic heterocycles. The molecule has 0 saturated carbocycles. The van der Waals surface area contributed by atoms with Gasteiger partial charge in [0.25, 0.3) is 5.91 Å². The Labute approximate surface area is 134 Å². The molecule has 2 heterocycles. The van der Waals surface area contributed by atoms with E-state index < -0.39 is 17.2 Å². The van der Waals surface area contributed by atoms with Crippen molar-refractivity contribution in [2.24, 2.45) is 4.99 Å². The number of phenols is 1. The summed E-state index contributed by atoms with van der Waals surface area (Å²) in [5, 5.41) is 12.2. The van der Waals surface area contributed by atoms with Crippen LogP contribution in [-0.2, 0) is 9.53 Å². The van der Waals surface area contributed by atoms with Crippen LogP contribution in [0, 0.1) is 0 Å². The number of hydrogen-bond acceptors (Lipinski definition) is 5. The zero-order valence-electron chi connectivity index (χ0n) is 13.3. The molecule has 0 atom stereocenters. The Kier molecular flexibility index (Phi) is 3.31. The molecule has 122 valence electrons. The van der Waals surface area contributed by atoms with E-state index in [1.807, 2.05) is 0 Å². The number of aliphatic imine (C=N–C) groups is 1. The molecule has 1 fully saturated rings. The topological polar surface area (TPSA) is 91.2 Å². The fourth-order valence-electron chi connectivity index (χ4n) is 2.56. The van der Waals surface area contributed by atoms with Crippen LogP contribution in [0.15, 0.2) is 29.3 Å². The zero-order valence-corrected chi connectivity index (χ0v) is 13.3. The Balaban J connectivity index is 1.73. The van der Waals surface area contributed by atoms with Gasteiger partial charge in [0.05, 0.1) is 13.1 Å². The lowest BCUT2D eigenvalue weighted by atomic mass is 9.91. The molecule has 2 N–H and O–H groups in total. The van der Waals surface area contributed by atoms with Crippen molar-refractivity contribution in [1.29, 1.82) is 0 Å². The average Bonchev–Trinajstić information content (AvgIpc) is 2.73. The van der Waals surface area contributed by atoms with Crippen molar-refractivity contribution in [3.8, 4) is 5.75 Å². The number of aromatic hydroxyl groups is 1. The van der Waals surface area contributed by atoms with Crippen LogP contribution in [0.25, 0.3) is 0 Å². The molecular weight excluding hydrogens is 298 g/mol. The van der Waals surface area contributed by atoms with Gasteiger partial charge in [0.15, 0.2) is 5.54 Å². The van der Waals surface area contributed by atoms with Crippen molar-refractivity contribution in [3.63, 3.8) is 0 Å². The first-order chi connectivity index (χ1) is 10.7. The van der Waals surface area contributed by atoms with E-state index in [0.717, 1.165) is 0 Å². The first kappa shape index (κ1) is 15.3. The van der Waals surface area contributed by atoms with Crippen LogP contribution in [0.3, 0.4) is 0 Å². The average molecular weight is 317 g/mol. The molecule has 7 nitrogen and oxygen atoms in total. The molecular formula is C16H19N3O4. The first-order valence-electron chi connectivity index (χ1n) is 7.37. The SMILES string of the molecule is CC(C)(C)OC(=O)N1CC2(C1)N=C(c1cccc(O)c1)NC2=O. The molecule has 2 aliphatic rings. The molecule has 1 saturated heterocycles. The maximum Gasteiger partial charge on any atom is 0.410 e. The Bertz CT molecular complexity index is 700. The van der Waals surface area contributed by atoms with Crippen molar-refractivity contribution in [3.05, 3.63) is 29.8 Å². The van der Waals surface area contributed by atoms with Crippen molar-refractivity contribution in [1.82, 2.24) is 10.2 Å². The molecule has 1 aromatic rings. The van der Waals surface area contributed by atoms with Crippen LogP contribution >= 0.6 is 0 Å². The molecule has 1 aromatic carbocycles. The van der Waals surface area contributed by atoms with E-state index in [2.05, 4.69) is 10.3 Å². The predicted octanol–water partition coefficient (Wildman–Crippen LogP) is 1.26. The summed E-state index contributed by atoms with van der Waals surface area (Å²) in [7, 11) is 0. The van der Waals surface area contributed by atoms with E-state index in [-0.39, 0.29) is 24.7 Å². The van der Waals surface area contributed by atoms with Crippen LogP contribution in [0.1, 0.15) is 26.3 Å². The van der Waals surface area contributed by atoms with Crippen LogP contribution in [0.2, 0.25) is 0 Å². The molecule has 0 aromatic heterocycles. The fraction of sp³-hybridized carbons (Fsp3) is 0.438. The second kappa shape index (κ2) is 4.97. The highest BCUT2D eigenvalue weighted by Gasteiger charge is 2.55. The number of ether oxygens (including phenoxy) is 1. The second-order valence-electron chi connectivity index (χ2n) is 6.83. The molecule has 0 aliphatic carbocycles. The molecule has 1 spiro atoms. The highest BCUT2D eigenvalue weighted by molar-refractivity contribution is 6.16. The minimum absolute atomic E-state index is 0.101. The van der Waals surface area contributed by atoms with E-state index in [4.69, 9.17) is 4.74 Å². The summed E-state index contributed by atoms with van der Waals surface area (Å²) in [5.41, 5.74) is -0.892. The Morgan fingerprint density at radius 3 is 2.70 bits per heavy atom.